The van der Waals surface area contributed by atoms with Crippen molar-refractivity contribution in [2.24, 2.45) is 0 Å². The number of amides is 3. The molecule has 4 heterocycles. The van der Waals surface area contributed by atoms with Gasteiger partial charge in [-0.1, -0.05) is 0 Å². The molecule has 4 rings (SSSR count). The van der Waals surface area contributed by atoms with Gasteiger partial charge in [-0.3, -0.25) is 19.1 Å². The van der Waals surface area contributed by atoms with Crippen molar-refractivity contribution in [3.63, 3.8) is 0 Å². The largest absolute Gasteiger partial charge is 0.418 e. The molecule has 0 aliphatic carbocycles. The number of nitrogens with zero attached hydrogens (tertiary/aromatic N) is 3. The fraction of sp³-hybridized carbons (Fsp3) is 0.867. The highest BCUT2D eigenvalue weighted by Gasteiger charge is 2.49. The molecule has 28 heavy (non-hydrogen) atoms. The molecule has 4 aliphatic rings. The summed E-state index contributed by atoms with van der Waals surface area (Å²) in [6.45, 7) is 3.67. The van der Waals surface area contributed by atoms with Crippen LogP contribution in [0.2, 0.25) is 0 Å². The highest BCUT2D eigenvalue weighted by atomic mass is 32.3. The highest BCUT2D eigenvalue weighted by Crippen LogP contribution is 2.30. The Bertz CT molecular complexity index is 730. The van der Waals surface area contributed by atoms with E-state index in [0.29, 0.717) is 30.6 Å². The van der Waals surface area contributed by atoms with Gasteiger partial charge in [0.15, 0.2) is 0 Å². The molecule has 4 saturated heterocycles. The van der Waals surface area contributed by atoms with Crippen LogP contribution in [0.1, 0.15) is 25.7 Å². The zero-order chi connectivity index (χ0) is 19.9. The van der Waals surface area contributed by atoms with Crippen molar-refractivity contribution in [3.05, 3.63) is 0 Å². The predicted molar refractivity (Wildman–Crippen MR) is 93.9 cm³/mol. The van der Waals surface area contributed by atoms with Crippen molar-refractivity contribution in [1.82, 2.24) is 25.7 Å². The average molecular weight is 419 g/mol. The minimum atomic E-state index is -4.81. The zero-order valence-electron chi connectivity index (χ0n) is 15.3. The molecule has 0 saturated carbocycles. The van der Waals surface area contributed by atoms with Crippen LogP contribution in [-0.4, -0.2) is 96.7 Å². The summed E-state index contributed by atoms with van der Waals surface area (Å²) in [6, 6.07) is -1.39. The second-order valence-electron chi connectivity index (χ2n) is 7.67. The first-order valence-corrected chi connectivity index (χ1v) is 10.8. The number of piperidine rings is 1. The van der Waals surface area contributed by atoms with Gasteiger partial charge in [-0.15, -0.1) is 4.28 Å². The number of hydrogen-bond acceptors (Lipinski definition) is 8. The van der Waals surface area contributed by atoms with E-state index in [1.54, 1.807) is 0 Å². The van der Waals surface area contributed by atoms with E-state index in [9.17, 15) is 18.0 Å². The number of likely N-dealkylation sites (tertiary alicyclic amines) is 1. The van der Waals surface area contributed by atoms with E-state index in [1.165, 1.54) is 11.3 Å². The third kappa shape index (κ3) is 4.09. The van der Waals surface area contributed by atoms with E-state index in [2.05, 4.69) is 20.0 Å². The van der Waals surface area contributed by atoms with Crippen LogP contribution < -0.4 is 10.8 Å². The molecule has 4 fully saturated rings. The maximum absolute atomic E-state index is 12.4. The van der Waals surface area contributed by atoms with Crippen LogP contribution in [0.4, 0.5) is 4.79 Å². The summed E-state index contributed by atoms with van der Waals surface area (Å²) in [5.74, 6) is -0.460. The molecule has 158 valence electrons. The third-order valence-corrected chi connectivity index (χ3v) is 6.21. The molecule has 2 bridgehead atoms. The molecule has 13 heteroatoms. The molecule has 12 nitrogen and oxygen atoms in total. The summed E-state index contributed by atoms with van der Waals surface area (Å²) in [5, 5.41) is 4.00. The first-order valence-electron chi connectivity index (χ1n) is 9.48. The summed E-state index contributed by atoms with van der Waals surface area (Å²) >= 11 is 0. The third-order valence-electron chi connectivity index (χ3n) is 5.86. The number of carbonyl (C=O) groups is 2. The van der Waals surface area contributed by atoms with E-state index in [4.69, 9.17) is 9.39 Å². The van der Waals surface area contributed by atoms with Gasteiger partial charge < -0.3 is 10.2 Å². The average Bonchev–Trinajstić information content (AvgIpc) is 3.12. The molecule has 3 N–H and O–H groups in total. The number of carbonyl (C=O) groups excluding carboxylic acids is 2. The molecule has 0 unspecified atom stereocenters. The van der Waals surface area contributed by atoms with Crippen molar-refractivity contribution < 1.29 is 31.7 Å². The number of nitrogens with one attached hydrogen (secondary N) is 2. The molecule has 0 spiro atoms. The molecule has 0 radical (unpaired) electrons. The lowest BCUT2D eigenvalue weighted by atomic mass is 10.0. The van der Waals surface area contributed by atoms with Crippen LogP contribution in [0.3, 0.4) is 0 Å². The lowest BCUT2D eigenvalue weighted by Gasteiger charge is -2.36. The molecule has 4 aliphatic heterocycles. The minimum absolute atomic E-state index is 0.147. The van der Waals surface area contributed by atoms with Crippen LogP contribution in [0.5, 0.6) is 0 Å². The number of urea groups is 1. The van der Waals surface area contributed by atoms with Crippen molar-refractivity contribution in [3.8, 4) is 0 Å². The zero-order valence-corrected chi connectivity index (χ0v) is 16.1. The van der Waals surface area contributed by atoms with Crippen LogP contribution in [0.25, 0.3) is 0 Å². The van der Waals surface area contributed by atoms with Crippen LogP contribution in [0, 0.1) is 0 Å². The summed E-state index contributed by atoms with van der Waals surface area (Å²) in [7, 11) is -4.81. The standard InChI is InChI=1S/C15H25N5O7S/c21-14(17-26-9-10-6-12(7-16-10)18-4-1-5-18)13-3-2-11-8-19(13)15(22)20(11)27-28(23,24)25/h10-13,16H,1-9H2,(H,17,21)(H,23,24,25)/t10-,11+,12+,13-/m0/s1. The molecule has 0 aromatic carbocycles. The predicted octanol–water partition coefficient (Wildman–Crippen LogP) is -1.53. The van der Waals surface area contributed by atoms with Crippen LogP contribution >= 0.6 is 0 Å². The summed E-state index contributed by atoms with van der Waals surface area (Å²) < 4.78 is 35.0. The summed E-state index contributed by atoms with van der Waals surface area (Å²) in [5.41, 5.74) is 2.40. The van der Waals surface area contributed by atoms with E-state index in [0.717, 1.165) is 26.1 Å². The van der Waals surface area contributed by atoms with Gasteiger partial charge >= 0.3 is 16.4 Å². The Kier molecular flexibility index (Phi) is 5.46. The van der Waals surface area contributed by atoms with Crippen molar-refractivity contribution >= 4 is 22.3 Å². The van der Waals surface area contributed by atoms with Crippen LogP contribution in [-0.2, 0) is 24.3 Å². The quantitative estimate of drug-likeness (QED) is 0.331. The fourth-order valence-electron chi connectivity index (χ4n) is 4.29. The van der Waals surface area contributed by atoms with Gasteiger partial charge in [0.1, 0.15) is 6.04 Å². The Morgan fingerprint density at radius 2 is 2.07 bits per heavy atom. The Morgan fingerprint density at radius 3 is 2.75 bits per heavy atom. The van der Waals surface area contributed by atoms with E-state index in [-0.39, 0.29) is 12.6 Å². The molecule has 3 amide bonds. The summed E-state index contributed by atoms with van der Waals surface area (Å²) in [6.07, 6.45) is 2.93. The van der Waals surface area contributed by atoms with Crippen LogP contribution in [0.15, 0.2) is 0 Å². The SMILES string of the molecule is O=C(NOC[C@@H]1C[C@@H](N2CCC2)CN1)[C@@H]1CC[C@@H]2CN1C(=O)N2OS(=O)(=O)O. The Labute approximate surface area is 163 Å². The second kappa shape index (κ2) is 7.72. The van der Waals surface area contributed by atoms with E-state index in [1.807, 2.05) is 0 Å². The van der Waals surface area contributed by atoms with Gasteiger partial charge in [0, 0.05) is 25.2 Å². The Balaban J connectivity index is 1.24. The number of rotatable bonds is 7. The van der Waals surface area contributed by atoms with Gasteiger partial charge in [-0.25, -0.2) is 10.3 Å². The first kappa shape index (κ1) is 19.8. The molecular weight excluding hydrogens is 394 g/mol. The fourth-order valence-corrected chi connectivity index (χ4v) is 4.68. The molecule has 0 aromatic rings. The first-order chi connectivity index (χ1) is 13.3. The van der Waals surface area contributed by atoms with Crippen molar-refractivity contribution in [1.29, 1.82) is 0 Å². The van der Waals surface area contributed by atoms with Crippen molar-refractivity contribution in [2.45, 2.75) is 49.9 Å². The van der Waals surface area contributed by atoms with Crippen molar-refractivity contribution in [2.75, 3.05) is 32.8 Å². The van der Waals surface area contributed by atoms with Gasteiger partial charge in [0.25, 0.3) is 5.91 Å². The van der Waals surface area contributed by atoms with Gasteiger partial charge in [0.2, 0.25) is 0 Å². The highest BCUT2D eigenvalue weighted by molar-refractivity contribution is 7.80. The number of hydrogen-bond donors (Lipinski definition) is 3. The van der Waals surface area contributed by atoms with E-state index < -0.39 is 34.4 Å². The molecule has 0 aromatic heterocycles. The minimum Gasteiger partial charge on any atom is -0.310 e. The lowest BCUT2D eigenvalue weighted by molar-refractivity contribution is -0.139. The summed E-state index contributed by atoms with van der Waals surface area (Å²) in [4.78, 5) is 33.8. The Morgan fingerprint density at radius 1 is 1.29 bits per heavy atom. The molecular formula is C15H25N5O7S. The smallest absolute Gasteiger partial charge is 0.310 e. The Hall–Kier alpha value is -1.51. The lowest BCUT2D eigenvalue weighted by Crippen LogP contribution is -2.50. The number of fused-ring (bicyclic) bond motifs is 2. The van der Waals surface area contributed by atoms with E-state index >= 15 is 0 Å². The normalized spacial score (nSPS) is 33.2. The molecule has 4 atom stereocenters. The maximum atomic E-state index is 12.4. The second-order valence-corrected chi connectivity index (χ2v) is 8.68. The maximum Gasteiger partial charge on any atom is 0.418 e. The van der Waals surface area contributed by atoms with Gasteiger partial charge in [0.05, 0.1) is 12.6 Å². The monoisotopic (exact) mass is 419 g/mol. The van der Waals surface area contributed by atoms with Gasteiger partial charge in [-0.05, 0) is 38.8 Å². The topological polar surface area (TPSA) is 141 Å². The number of hydroxylamine groups is 3. The van der Waals surface area contributed by atoms with Gasteiger partial charge in [-0.2, -0.15) is 13.5 Å².